The van der Waals surface area contributed by atoms with Gasteiger partial charge in [0.05, 0.1) is 10.9 Å². The zero-order chi connectivity index (χ0) is 20.1. The van der Waals surface area contributed by atoms with E-state index >= 15 is 0 Å². The molecule has 1 heterocycles. The molecule has 7 heteroatoms. The van der Waals surface area contributed by atoms with Crippen molar-refractivity contribution in [2.75, 3.05) is 0 Å². The first-order chi connectivity index (χ1) is 13.5. The van der Waals surface area contributed by atoms with Crippen molar-refractivity contribution in [1.29, 1.82) is 0 Å². The second-order valence-electron chi connectivity index (χ2n) is 6.63. The fraction of sp³-hybridized carbons (Fsp3) is 0.286. The Bertz CT molecular complexity index is 1120. The van der Waals surface area contributed by atoms with E-state index in [2.05, 4.69) is 17.2 Å². The quantitative estimate of drug-likeness (QED) is 0.597. The maximum atomic E-state index is 12.6. The van der Waals surface area contributed by atoms with Crippen LogP contribution in [-0.2, 0) is 13.1 Å². The van der Waals surface area contributed by atoms with Gasteiger partial charge in [0.15, 0.2) is 0 Å². The predicted octanol–water partition coefficient (Wildman–Crippen LogP) is 3.46. The number of benzene rings is 2. The molecule has 0 fully saturated rings. The minimum atomic E-state index is -0.456. The van der Waals surface area contributed by atoms with Crippen molar-refractivity contribution in [1.82, 2.24) is 14.9 Å². The number of halogens is 1. The molecule has 0 aliphatic rings. The summed E-state index contributed by atoms with van der Waals surface area (Å²) in [5, 5.41) is 3.76. The van der Waals surface area contributed by atoms with E-state index in [0.29, 0.717) is 28.0 Å². The van der Waals surface area contributed by atoms with Gasteiger partial charge in [0.1, 0.15) is 0 Å². The first-order valence-electron chi connectivity index (χ1n) is 9.29. The van der Waals surface area contributed by atoms with Crippen LogP contribution in [0, 0.1) is 0 Å². The maximum absolute atomic E-state index is 12.6. The van der Waals surface area contributed by atoms with E-state index in [0.717, 1.165) is 24.8 Å². The van der Waals surface area contributed by atoms with E-state index in [1.807, 2.05) is 18.2 Å². The third-order valence-corrected chi connectivity index (χ3v) is 5.00. The lowest BCUT2D eigenvalue weighted by molar-refractivity contribution is 0.0951. The number of nitrogens with one attached hydrogen (secondary N) is 2. The summed E-state index contributed by atoms with van der Waals surface area (Å²) >= 11 is 6.10. The molecule has 0 spiro atoms. The molecule has 1 aromatic heterocycles. The van der Waals surface area contributed by atoms with Crippen LogP contribution in [0.2, 0.25) is 5.02 Å². The molecule has 2 aromatic carbocycles. The average Bonchev–Trinajstić information content (AvgIpc) is 2.69. The van der Waals surface area contributed by atoms with Gasteiger partial charge in [-0.15, -0.1) is 0 Å². The Morgan fingerprint density at radius 2 is 1.93 bits per heavy atom. The number of hydrogen-bond acceptors (Lipinski definition) is 3. The van der Waals surface area contributed by atoms with Crippen LogP contribution < -0.4 is 16.6 Å². The Balaban J connectivity index is 1.83. The number of unbranched alkanes of at least 4 members (excludes halogenated alkanes) is 2. The molecule has 0 saturated heterocycles. The molecule has 3 aromatic rings. The van der Waals surface area contributed by atoms with Crippen LogP contribution in [0.3, 0.4) is 0 Å². The van der Waals surface area contributed by atoms with Crippen molar-refractivity contribution in [2.24, 2.45) is 0 Å². The average molecular weight is 400 g/mol. The number of aromatic nitrogens is 2. The first kappa shape index (κ1) is 19.9. The second kappa shape index (κ2) is 8.89. The highest BCUT2D eigenvalue weighted by molar-refractivity contribution is 6.31. The third-order valence-electron chi connectivity index (χ3n) is 4.63. The highest BCUT2D eigenvalue weighted by Gasteiger charge is 2.12. The minimum Gasteiger partial charge on any atom is -0.348 e. The molecule has 0 saturated carbocycles. The maximum Gasteiger partial charge on any atom is 0.328 e. The highest BCUT2D eigenvalue weighted by atomic mass is 35.5. The van der Waals surface area contributed by atoms with E-state index in [1.165, 1.54) is 10.6 Å². The summed E-state index contributed by atoms with van der Waals surface area (Å²) in [6.07, 6.45) is 2.73. The monoisotopic (exact) mass is 399 g/mol. The Labute approximate surface area is 167 Å². The number of nitrogens with zero attached hydrogens (tertiary/aromatic N) is 1. The van der Waals surface area contributed by atoms with Crippen molar-refractivity contribution in [3.8, 4) is 0 Å². The number of hydrogen-bond donors (Lipinski definition) is 2. The van der Waals surface area contributed by atoms with Crippen LogP contribution in [0.5, 0.6) is 0 Å². The molecular weight excluding hydrogens is 378 g/mol. The topological polar surface area (TPSA) is 84.0 Å². The molecule has 0 radical (unpaired) electrons. The van der Waals surface area contributed by atoms with Gasteiger partial charge < -0.3 is 10.3 Å². The van der Waals surface area contributed by atoms with Crippen molar-refractivity contribution in [3.63, 3.8) is 0 Å². The van der Waals surface area contributed by atoms with E-state index in [9.17, 15) is 14.4 Å². The SMILES string of the molecule is CCCCCn1c(=O)[nH]c2cc(C(=O)NCc3ccccc3Cl)ccc2c1=O. The van der Waals surface area contributed by atoms with Crippen LogP contribution in [0.1, 0.15) is 42.1 Å². The van der Waals surface area contributed by atoms with Crippen LogP contribution >= 0.6 is 11.6 Å². The first-order valence-corrected chi connectivity index (χ1v) is 9.67. The number of aromatic amines is 1. The van der Waals surface area contributed by atoms with Gasteiger partial charge in [-0.05, 0) is 36.2 Å². The van der Waals surface area contributed by atoms with E-state index in [1.54, 1.807) is 18.2 Å². The molecule has 0 bridgehead atoms. The van der Waals surface area contributed by atoms with E-state index in [-0.39, 0.29) is 18.0 Å². The fourth-order valence-electron chi connectivity index (χ4n) is 3.04. The zero-order valence-electron chi connectivity index (χ0n) is 15.6. The Morgan fingerprint density at radius 1 is 1.14 bits per heavy atom. The van der Waals surface area contributed by atoms with Gasteiger partial charge in [-0.2, -0.15) is 0 Å². The number of H-pyrrole nitrogens is 1. The number of carbonyl (C=O) groups excluding carboxylic acids is 1. The van der Waals surface area contributed by atoms with Crippen LogP contribution in [0.4, 0.5) is 0 Å². The molecular formula is C21H22ClN3O3. The Kier molecular flexibility index (Phi) is 6.31. The van der Waals surface area contributed by atoms with Gasteiger partial charge >= 0.3 is 5.69 Å². The molecule has 3 rings (SSSR count). The molecule has 1 amide bonds. The predicted molar refractivity (Wildman–Crippen MR) is 111 cm³/mol. The summed E-state index contributed by atoms with van der Waals surface area (Å²) in [5.74, 6) is -0.310. The summed E-state index contributed by atoms with van der Waals surface area (Å²) in [6.45, 7) is 2.73. The molecule has 2 N–H and O–H groups in total. The lowest BCUT2D eigenvalue weighted by Gasteiger charge is -2.09. The van der Waals surface area contributed by atoms with Crippen molar-refractivity contribution in [3.05, 3.63) is 79.5 Å². The summed E-state index contributed by atoms with van der Waals surface area (Å²) < 4.78 is 1.22. The summed E-state index contributed by atoms with van der Waals surface area (Å²) in [4.78, 5) is 40.0. The van der Waals surface area contributed by atoms with Crippen LogP contribution in [-0.4, -0.2) is 15.5 Å². The molecule has 0 unspecified atom stereocenters. The van der Waals surface area contributed by atoms with E-state index < -0.39 is 5.69 Å². The van der Waals surface area contributed by atoms with Crippen molar-refractivity contribution < 1.29 is 4.79 Å². The summed E-state index contributed by atoms with van der Waals surface area (Å²) in [6, 6.07) is 11.9. The minimum absolute atomic E-state index is 0.284. The summed E-state index contributed by atoms with van der Waals surface area (Å²) in [5.41, 5.74) is 0.729. The number of rotatable bonds is 7. The standard InChI is InChI=1S/C21H22ClN3O3/c1-2-3-6-11-25-20(27)16-10-9-14(12-18(16)24-21(25)28)19(26)23-13-15-7-4-5-8-17(15)22/h4-5,7-10,12H,2-3,6,11,13H2,1H3,(H,23,26)(H,24,28). The van der Waals surface area contributed by atoms with Gasteiger partial charge in [-0.1, -0.05) is 49.6 Å². The molecule has 28 heavy (non-hydrogen) atoms. The third kappa shape index (κ3) is 4.34. The van der Waals surface area contributed by atoms with Gasteiger partial charge in [0, 0.05) is 23.7 Å². The molecule has 0 aliphatic carbocycles. The zero-order valence-corrected chi connectivity index (χ0v) is 16.4. The van der Waals surface area contributed by atoms with Crippen LogP contribution in [0.25, 0.3) is 10.9 Å². The number of fused-ring (bicyclic) bond motifs is 1. The lowest BCUT2D eigenvalue weighted by atomic mass is 10.1. The Morgan fingerprint density at radius 3 is 2.68 bits per heavy atom. The lowest BCUT2D eigenvalue weighted by Crippen LogP contribution is -2.35. The molecule has 146 valence electrons. The van der Waals surface area contributed by atoms with Crippen LogP contribution in [0.15, 0.2) is 52.1 Å². The largest absolute Gasteiger partial charge is 0.348 e. The number of carbonyl (C=O) groups is 1. The fourth-order valence-corrected chi connectivity index (χ4v) is 3.24. The molecule has 0 aliphatic heterocycles. The van der Waals surface area contributed by atoms with Gasteiger partial charge in [0.25, 0.3) is 11.5 Å². The molecule has 0 atom stereocenters. The van der Waals surface area contributed by atoms with Gasteiger partial charge in [-0.3, -0.25) is 14.2 Å². The van der Waals surface area contributed by atoms with Crippen molar-refractivity contribution >= 4 is 28.4 Å². The normalized spacial score (nSPS) is 10.9. The highest BCUT2D eigenvalue weighted by Crippen LogP contribution is 2.15. The van der Waals surface area contributed by atoms with E-state index in [4.69, 9.17) is 11.6 Å². The molecule has 6 nitrogen and oxygen atoms in total. The summed E-state index contributed by atoms with van der Waals surface area (Å²) in [7, 11) is 0. The Hall–Kier alpha value is -2.86. The number of amides is 1. The smallest absolute Gasteiger partial charge is 0.328 e. The van der Waals surface area contributed by atoms with Gasteiger partial charge in [-0.25, -0.2) is 4.79 Å². The second-order valence-corrected chi connectivity index (χ2v) is 7.04. The van der Waals surface area contributed by atoms with Crippen molar-refractivity contribution in [2.45, 2.75) is 39.3 Å². The van der Waals surface area contributed by atoms with Gasteiger partial charge in [0.2, 0.25) is 0 Å².